The standard InChI is InChI=1S/C20H26Cl2O4/c1-13(2)6-5-11-25-19(23)15-7-3-4-8-16(15)20(24)26-18-12-14(21)9-10-17(18)22/h9-10,12-13,15-16H,3-8,11H2,1-2H3. The van der Waals surface area contributed by atoms with Crippen molar-refractivity contribution in [2.75, 3.05) is 6.61 Å². The molecule has 0 heterocycles. The molecule has 0 amide bonds. The van der Waals surface area contributed by atoms with E-state index in [2.05, 4.69) is 13.8 Å². The number of carbonyl (C=O) groups is 2. The van der Waals surface area contributed by atoms with E-state index in [1.165, 1.54) is 6.07 Å². The van der Waals surface area contributed by atoms with Crippen LogP contribution in [0.1, 0.15) is 52.4 Å². The Morgan fingerprint density at radius 2 is 1.77 bits per heavy atom. The SMILES string of the molecule is CC(C)CCCOC(=O)C1CCCCC1C(=O)Oc1cc(Cl)ccc1Cl. The van der Waals surface area contributed by atoms with Gasteiger partial charge in [0.05, 0.1) is 23.5 Å². The lowest BCUT2D eigenvalue weighted by atomic mass is 9.79. The maximum Gasteiger partial charge on any atom is 0.315 e. The molecule has 1 aromatic carbocycles. The van der Waals surface area contributed by atoms with E-state index in [1.54, 1.807) is 12.1 Å². The average molecular weight is 401 g/mol. The second-order valence-corrected chi connectivity index (χ2v) is 8.04. The van der Waals surface area contributed by atoms with Gasteiger partial charge in [-0.15, -0.1) is 0 Å². The molecule has 1 aliphatic carbocycles. The van der Waals surface area contributed by atoms with E-state index in [0.717, 1.165) is 25.7 Å². The van der Waals surface area contributed by atoms with Gasteiger partial charge in [0.25, 0.3) is 0 Å². The molecule has 144 valence electrons. The molecule has 2 rings (SSSR count). The number of benzene rings is 1. The Morgan fingerprint density at radius 3 is 2.42 bits per heavy atom. The highest BCUT2D eigenvalue weighted by Crippen LogP contribution is 2.34. The van der Waals surface area contributed by atoms with Crippen LogP contribution in [-0.4, -0.2) is 18.5 Å². The first-order chi connectivity index (χ1) is 12.4. The van der Waals surface area contributed by atoms with Crippen LogP contribution in [0, 0.1) is 17.8 Å². The van der Waals surface area contributed by atoms with Gasteiger partial charge in [-0.2, -0.15) is 0 Å². The number of ether oxygens (including phenoxy) is 2. The fraction of sp³-hybridized carbons (Fsp3) is 0.600. The minimum atomic E-state index is -0.503. The fourth-order valence-electron chi connectivity index (χ4n) is 3.21. The summed E-state index contributed by atoms with van der Waals surface area (Å²) in [4.78, 5) is 25.1. The van der Waals surface area contributed by atoms with Crippen molar-refractivity contribution in [3.63, 3.8) is 0 Å². The quantitative estimate of drug-likeness (QED) is 0.335. The molecular weight excluding hydrogens is 375 g/mol. The molecule has 0 radical (unpaired) electrons. The van der Waals surface area contributed by atoms with E-state index in [4.69, 9.17) is 32.7 Å². The van der Waals surface area contributed by atoms with Crippen LogP contribution >= 0.6 is 23.2 Å². The van der Waals surface area contributed by atoms with Gasteiger partial charge in [0.1, 0.15) is 0 Å². The van der Waals surface area contributed by atoms with Crippen LogP contribution in [0.3, 0.4) is 0 Å². The minimum absolute atomic E-state index is 0.221. The zero-order valence-electron chi connectivity index (χ0n) is 15.3. The number of halogens is 2. The van der Waals surface area contributed by atoms with Crippen LogP contribution in [0.4, 0.5) is 0 Å². The smallest absolute Gasteiger partial charge is 0.315 e. The summed E-state index contributed by atoms with van der Waals surface area (Å²) in [7, 11) is 0. The highest BCUT2D eigenvalue weighted by molar-refractivity contribution is 6.34. The first-order valence-corrected chi connectivity index (χ1v) is 9.97. The number of carbonyl (C=O) groups excluding carboxylic acids is 2. The van der Waals surface area contributed by atoms with Crippen LogP contribution < -0.4 is 4.74 Å². The molecule has 1 fully saturated rings. The largest absolute Gasteiger partial charge is 0.465 e. The lowest BCUT2D eigenvalue weighted by Gasteiger charge is -2.28. The van der Waals surface area contributed by atoms with Gasteiger partial charge >= 0.3 is 11.9 Å². The summed E-state index contributed by atoms with van der Waals surface area (Å²) in [5.41, 5.74) is 0. The van der Waals surface area contributed by atoms with Crippen LogP contribution in [0.2, 0.25) is 10.0 Å². The predicted molar refractivity (Wildman–Crippen MR) is 103 cm³/mol. The van der Waals surface area contributed by atoms with E-state index in [9.17, 15) is 9.59 Å². The lowest BCUT2D eigenvalue weighted by molar-refractivity contribution is -0.158. The summed E-state index contributed by atoms with van der Waals surface area (Å²) < 4.78 is 10.9. The molecule has 4 nitrogen and oxygen atoms in total. The lowest BCUT2D eigenvalue weighted by Crippen LogP contribution is -2.36. The van der Waals surface area contributed by atoms with Crippen molar-refractivity contribution in [2.45, 2.75) is 52.4 Å². The summed E-state index contributed by atoms with van der Waals surface area (Å²) in [5, 5.41) is 0.744. The molecule has 26 heavy (non-hydrogen) atoms. The highest BCUT2D eigenvalue weighted by atomic mass is 35.5. The van der Waals surface area contributed by atoms with E-state index in [-0.39, 0.29) is 11.7 Å². The molecule has 0 aromatic heterocycles. The zero-order chi connectivity index (χ0) is 19.1. The highest BCUT2D eigenvalue weighted by Gasteiger charge is 2.38. The molecule has 1 aliphatic rings. The number of hydrogen-bond donors (Lipinski definition) is 0. The zero-order valence-corrected chi connectivity index (χ0v) is 16.8. The van der Waals surface area contributed by atoms with Crippen molar-refractivity contribution in [1.29, 1.82) is 0 Å². The topological polar surface area (TPSA) is 52.6 Å². The summed E-state index contributed by atoms with van der Waals surface area (Å²) in [5.74, 6) is -0.900. The van der Waals surface area contributed by atoms with Gasteiger partial charge in [0.15, 0.2) is 5.75 Å². The molecule has 0 bridgehead atoms. The van der Waals surface area contributed by atoms with Gasteiger partial charge in [-0.3, -0.25) is 9.59 Å². The van der Waals surface area contributed by atoms with Gasteiger partial charge in [-0.05, 0) is 43.7 Å². The number of esters is 2. The van der Waals surface area contributed by atoms with Gasteiger partial charge in [-0.1, -0.05) is 49.9 Å². The molecule has 1 aromatic rings. The molecule has 6 heteroatoms. The third-order valence-corrected chi connectivity index (χ3v) is 5.19. The van der Waals surface area contributed by atoms with Crippen LogP contribution in [-0.2, 0) is 14.3 Å². The third-order valence-electron chi connectivity index (χ3n) is 4.65. The van der Waals surface area contributed by atoms with Gasteiger partial charge in [-0.25, -0.2) is 0 Å². The maximum atomic E-state index is 12.6. The molecule has 2 unspecified atom stereocenters. The molecular formula is C20H26Cl2O4. The van der Waals surface area contributed by atoms with Crippen molar-refractivity contribution in [3.05, 3.63) is 28.2 Å². The van der Waals surface area contributed by atoms with Crippen molar-refractivity contribution in [2.24, 2.45) is 17.8 Å². The van der Waals surface area contributed by atoms with E-state index >= 15 is 0 Å². The third kappa shape index (κ3) is 6.17. The first kappa shape index (κ1) is 21.0. The number of rotatable bonds is 7. The average Bonchev–Trinajstić information content (AvgIpc) is 2.61. The molecule has 2 atom stereocenters. The monoisotopic (exact) mass is 400 g/mol. The van der Waals surface area contributed by atoms with E-state index in [0.29, 0.717) is 35.4 Å². The predicted octanol–water partition coefficient (Wildman–Crippen LogP) is 5.68. The Kier molecular flexibility index (Phi) is 8.23. The summed E-state index contributed by atoms with van der Waals surface area (Å²) >= 11 is 12.0. The van der Waals surface area contributed by atoms with Crippen LogP contribution in [0.15, 0.2) is 18.2 Å². The molecule has 0 aliphatic heterocycles. The molecule has 0 N–H and O–H groups in total. The van der Waals surface area contributed by atoms with E-state index < -0.39 is 17.8 Å². The maximum absolute atomic E-state index is 12.6. The first-order valence-electron chi connectivity index (χ1n) is 9.22. The molecule has 0 spiro atoms. The summed E-state index contributed by atoms with van der Waals surface area (Å²) in [6, 6.07) is 4.71. The second-order valence-electron chi connectivity index (χ2n) is 7.20. The Balaban J connectivity index is 1.97. The van der Waals surface area contributed by atoms with E-state index in [1.807, 2.05) is 0 Å². The van der Waals surface area contributed by atoms with Gasteiger partial charge in [0.2, 0.25) is 0 Å². The second kappa shape index (κ2) is 10.2. The Bertz CT molecular complexity index is 630. The summed E-state index contributed by atoms with van der Waals surface area (Å²) in [6.45, 7) is 4.67. The Labute approximate surface area is 165 Å². The summed E-state index contributed by atoms with van der Waals surface area (Å²) in [6.07, 6.45) is 4.91. The van der Waals surface area contributed by atoms with Crippen molar-refractivity contribution in [1.82, 2.24) is 0 Å². The fourth-order valence-corrected chi connectivity index (χ4v) is 3.52. The Hall–Kier alpha value is -1.26. The Morgan fingerprint density at radius 1 is 1.12 bits per heavy atom. The van der Waals surface area contributed by atoms with Crippen molar-refractivity contribution < 1.29 is 19.1 Å². The van der Waals surface area contributed by atoms with Crippen molar-refractivity contribution in [3.8, 4) is 5.75 Å². The van der Waals surface area contributed by atoms with Crippen molar-refractivity contribution >= 4 is 35.1 Å². The van der Waals surface area contributed by atoms with Crippen LogP contribution in [0.25, 0.3) is 0 Å². The molecule has 0 saturated heterocycles. The minimum Gasteiger partial charge on any atom is -0.465 e. The van der Waals surface area contributed by atoms with Crippen LogP contribution in [0.5, 0.6) is 5.75 Å². The molecule has 1 saturated carbocycles. The van der Waals surface area contributed by atoms with Gasteiger partial charge in [0, 0.05) is 11.1 Å². The number of hydrogen-bond acceptors (Lipinski definition) is 4. The van der Waals surface area contributed by atoms with Gasteiger partial charge < -0.3 is 9.47 Å². The normalized spacial score (nSPS) is 20.0.